The van der Waals surface area contributed by atoms with Crippen molar-refractivity contribution in [1.82, 2.24) is 10.1 Å². The summed E-state index contributed by atoms with van der Waals surface area (Å²) in [6.45, 7) is 3.56. The molecule has 5 nitrogen and oxygen atoms in total. The van der Waals surface area contributed by atoms with Gasteiger partial charge in [0.2, 0.25) is 5.89 Å². The first-order valence-corrected chi connectivity index (χ1v) is 9.26. The van der Waals surface area contributed by atoms with Crippen molar-refractivity contribution in [3.05, 3.63) is 11.7 Å². The van der Waals surface area contributed by atoms with Crippen molar-refractivity contribution < 1.29 is 9.26 Å². The van der Waals surface area contributed by atoms with Gasteiger partial charge in [0.15, 0.2) is 5.82 Å². The summed E-state index contributed by atoms with van der Waals surface area (Å²) in [5.41, 5.74) is 5.90. The molecule has 2 unspecified atom stereocenters. The molecule has 2 saturated heterocycles. The molecule has 0 amide bonds. The zero-order valence-electron chi connectivity index (χ0n) is 11.7. The lowest BCUT2D eigenvalue weighted by molar-refractivity contribution is 0.0400. The summed E-state index contributed by atoms with van der Waals surface area (Å²) in [5.74, 6) is 3.77. The monoisotopic (exact) mass is 315 g/mol. The van der Waals surface area contributed by atoms with E-state index in [4.69, 9.17) is 15.0 Å². The Kier molecular flexibility index (Phi) is 4.59. The summed E-state index contributed by atoms with van der Waals surface area (Å²) in [7, 11) is 0. The van der Waals surface area contributed by atoms with Crippen LogP contribution in [-0.2, 0) is 10.3 Å². The van der Waals surface area contributed by atoms with E-state index in [0.717, 1.165) is 30.8 Å². The molecule has 2 N–H and O–H groups in total. The Morgan fingerprint density at radius 2 is 2.05 bits per heavy atom. The predicted octanol–water partition coefficient (Wildman–Crippen LogP) is 2.33. The Morgan fingerprint density at radius 3 is 2.80 bits per heavy atom. The number of rotatable bonds is 3. The fourth-order valence-corrected chi connectivity index (χ4v) is 5.63. The van der Waals surface area contributed by atoms with Crippen molar-refractivity contribution in [1.29, 1.82) is 0 Å². The highest BCUT2D eigenvalue weighted by Crippen LogP contribution is 2.43. The lowest BCUT2D eigenvalue weighted by atomic mass is 9.91. The highest BCUT2D eigenvalue weighted by Gasteiger charge is 2.38. The summed E-state index contributed by atoms with van der Waals surface area (Å²) in [6, 6.07) is 0. The summed E-state index contributed by atoms with van der Waals surface area (Å²) in [6.07, 6.45) is 2.63. The normalized spacial score (nSPS) is 30.3. The van der Waals surface area contributed by atoms with E-state index in [1.807, 2.05) is 23.5 Å². The van der Waals surface area contributed by atoms with Crippen molar-refractivity contribution in [3.63, 3.8) is 0 Å². The van der Waals surface area contributed by atoms with Gasteiger partial charge in [-0.3, -0.25) is 0 Å². The maximum absolute atomic E-state index is 6.40. The Balaban J connectivity index is 1.78. The quantitative estimate of drug-likeness (QED) is 0.917. The number of nitrogens with zero attached hydrogens (tertiary/aromatic N) is 2. The van der Waals surface area contributed by atoms with Gasteiger partial charge in [-0.15, -0.1) is 11.8 Å². The van der Waals surface area contributed by atoms with Gasteiger partial charge < -0.3 is 15.0 Å². The van der Waals surface area contributed by atoms with Crippen LogP contribution in [0.2, 0.25) is 0 Å². The van der Waals surface area contributed by atoms with Crippen molar-refractivity contribution in [2.75, 3.05) is 24.7 Å². The van der Waals surface area contributed by atoms with Crippen LogP contribution in [-0.4, -0.2) is 40.1 Å². The molecule has 0 aliphatic carbocycles. The summed E-state index contributed by atoms with van der Waals surface area (Å²) in [4.78, 5) is 4.64. The van der Waals surface area contributed by atoms with Crippen LogP contribution in [0.5, 0.6) is 0 Å². The highest BCUT2D eigenvalue weighted by atomic mass is 32.2. The maximum atomic E-state index is 6.40. The second-order valence-corrected chi connectivity index (χ2v) is 7.93. The van der Waals surface area contributed by atoms with Crippen molar-refractivity contribution >= 4 is 23.5 Å². The SMILES string of the molecule is CCC1SCCSC1c1noc(C2(N)CCOCC2)n1. The molecular weight excluding hydrogens is 294 g/mol. The standard InChI is InChI=1S/C13H21N3O2S2/c1-2-9-10(20-8-7-19-9)11-15-12(18-16-11)13(14)3-5-17-6-4-13/h9-10H,2-8,14H2,1H3. The van der Waals surface area contributed by atoms with E-state index in [9.17, 15) is 0 Å². The molecule has 3 rings (SSSR count). The van der Waals surface area contributed by atoms with E-state index in [2.05, 4.69) is 17.1 Å². The van der Waals surface area contributed by atoms with Crippen molar-refractivity contribution in [3.8, 4) is 0 Å². The zero-order chi connectivity index (χ0) is 14.0. The molecule has 3 heterocycles. The first-order valence-electron chi connectivity index (χ1n) is 7.17. The Morgan fingerprint density at radius 1 is 1.30 bits per heavy atom. The molecule has 0 spiro atoms. The number of nitrogens with two attached hydrogens (primary N) is 1. The summed E-state index contributed by atoms with van der Waals surface area (Å²) < 4.78 is 10.9. The van der Waals surface area contributed by atoms with Crippen LogP contribution in [0.4, 0.5) is 0 Å². The molecular formula is C13H21N3O2S2. The molecule has 1 aromatic heterocycles. The molecule has 1 aromatic rings. The van der Waals surface area contributed by atoms with Crippen LogP contribution < -0.4 is 5.73 Å². The maximum Gasteiger partial charge on any atom is 0.246 e. The van der Waals surface area contributed by atoms with Crippen LogP contribution in [0.3, 0.4) is 0 Å². The van der Waals surface area contributed by atoms with E-state index in [0.29, 0.717) is 29.6 Å². The van der Waals surface area contributed by atoms with Crippen LogP contribution in [0.25, 0.3) is 0 Å². The van der Waals surface area contributed by atoms with Crippen molar-refractivity contribution in [2.45, 2.75) is 42.2 Å². The van der Waals surface area contributed by atoms with Crippen LogP contribution in [0.15, 0.2) is 4.52 Å². The number of thioether (sulfide) groups is 2. The zero-order valence-corrected chi connectivity index (χ0v) is 13.3. The fraction of sp³-hybridized carbons (Fsp3) is 0.846. The molecule has 0 saturated carbocycles. The van der Waals surface area contributed by atoms with E-state index in [1.165, 1.54) is 5.75 Å². The first kappa shape index (κ1) is 14.7. The minimum absolute atomic E-state index is 0.333. The second kappa shape index (κ2) is 6.25. The molecule has 2 aliphatic heterocycles. The highest BCUT2D eigenvalue weighted by molar-refractivity contribution is 8.06. The fourth-order valence-electron chi connectivity index (χ4n) is 2.64. The summed E-state index contributed by atoms with van der Waals surface area (Å²) >= 11 is 3.95. The molecule has 2 aliphatic rings. The van der Waals surface area contributed by atoms with Gasteiger partial charge in [-0.25, -0.2) is 0 Å². The number of hydrogen-bond acceptors (Lipinski definition) is 7. The third-order valence-electron chi connectivity index (χ3n) is 3.96. The minimum atomic E-state index is -0.502. The van der Waals surface area contributed by atoms with Crippen molar-refractivity contribution in [2.24, 2.45) is 5.73 Å². The molecule has 0 aromatic carbocycles. The largest absolute Gasteiger partial charge is 0.381 e. The Labute approximate surface area is 127 Å². The Bertz CT molecular complexity index is 449. The average molecular weight is 315 g/mol. The first-order chi connectivity index (χ1) is 9.73. The predicted molar refractivity (Wildman–Crippen MR) is 82.0 cm³/mol. The van der Waals surface area contributed by atoms with Crippen LogP contribution in [0, 0.1) is 0 Å². The molecule has 112 valence electrons. The third-order valence-corrected chi connectivity index (χ3v) is 7.20. The van der Waals surface area contributed by atoms with E-state index < -0.39 is 5.54 Å². The number of ether oxygens (including phenoxy) is 1. The van der Waals surface area contributed by atoms with Gasteiger partial charge in [0, 0.05) is 30.0 Å². The second-order valence-electron chi connectivity index (χ2n) is 5.34. The van der Waals surface area contributed by atoms with Gasteiger partial charge in [-0.1, -0.05) is 12.1 Å². The molecule has 2 fully saturated rings. The van der Waals surface area contributed by atoms with E-state index >= 15 is 0 Å². The number of hydrogen-bond donors (Lipinski definition) is 1. The average Bonchev–Trinajstić information content (AvgIpc) is 2.98. The summed E-state index contributed by atoms with van der Waals surface area (Å²) in [5, 5.41) is 5.12. The molecule has 20 heavy (non-hydrogen) atoms. The minimum Gasteiger partial charge on any atom is -0.381 e. The molecule has 7 heteroatoms. The lowest BCUT2D eigenvalue weighted by Crippen LogP contribution is -2.42. The number of aromatic nitrogens is 2. The van der Waals surface area contributed by atoms with Gasteiger partial charge in [0.25, 0.3) is 0 Å². The van der Waals surface area contributed by atoms with E-state index in [1.54, 1.807) is 0 Å². The topological polar surface area (TPSA) is 74.2 Å². The molecule has 2 atom stereocenters. The van der Waals surface area contributed by atoms with Gasteiger partial charge in [-0.2, -0.15) is 16.7 Å². The van der Waals surface area contributed by atoms with Gasteiger partial charge in [-0.05, 0) is 19.3 Å². The van der Waals surface area contributed by atoms with E-state index in [-0.39, 0.29) is 0 Å². The molecule has 0 radical (unpaired) electrons. The van der Waals surface area contributed by atoms with Crippen LogP contribution >= 0.6 is 23.5 Å². The smallest absolute Gasteiger partial charge is 0.246 e. The third kappa shape index (κ3) is 2.86. The molecule has 0 bridgehead atoms. The van der Waals surface area contributed by atoms with Gasteiger partial charge >= 0.3 is 0 Å². The Hall–Kier alpha value is -0.240. The van der Waals surface area contributed by atoms with Gasteiger partial charge in [0.05, 0.1) is 5.25 Å². The van der Waals surface area contributed by atoms with Gasteiger partial charge in [0.1, 0.15) is 5.54 Å². The lowest BCUT2D eigenvalue weighted by Gasteiger charge is -2.29. The van der Waals surface area contributed by atoms with Crippen LogP contribution in [0.1, 0.15) is 43.2 Å².